The number of carbonyl (C=O) groups excluding carboxylic acids is 1. The third-order valence-electron chi connectivity index (χ3n) is 4.19. The van der Waals surface area contributed by atoms with Crippen LogP contribution in [0.3, 0.4) is 0 Å². The van der Waals surface area contributed by atoms with Crippen molar-refractivity contribution < 1.29 is 9.53 Å². The van der Waals surface area contributed by atoms with Gasteiger partial charge in [-0.1, -0.05) is 11.8 Å². The van der Waals surface area contributed by atoms with Crippen molar-refractivity contribution in [3.05, 3.63) is 41.3 Å². The summed E-state index contributed by atoms with van der Waals surface area (Å²) in [4.78, 5) is 28.4. The number of nitrogen functional groups attached to an aromatic ring is 1. The van der Waals surface area contributed by atoms with Gasteiger partial charge in [0.05, 0.1) is 17.9 Å². The summed E-state index contributed by atoms with van der Waals surface area (Å²) < 4.78 is 5.07. The quantitative estimate of drug-likeness (QED) is 0.803. The highest BCUT2D eigenvalue weighted by molar-refractivity contribution is 5.68. The highest BCUT2D eigenvalue weighted by atomic mass is 16.6. The summed E-state index contributed by atoms with van der Waals surface area (Å²) in [5, 5.41) is 0. The third kappa shape index (κ3) is 4.44. The van der Waals surface area contributed by atoms with Gasteiger partial charge in [-0.15, -0.1) is 0 Å². The summed E-state index contributed by atoms with van der Waals surface area (Å²) >= 11 is 0. The van der Waals surface area contributed by atoms with Crippen LogP contribution < -0.4 is 10.6 Å². The van der Waals surface area contributed by atoms with Crippen LogP contribution in [0.25, 0.3) is 0 Å². The first-order valence-electron chi connectivity index (χ1n) is 8.81. The van der Waals surface area contributed by atoms with Gasteiger partial charge in [0.25, 0.3) is 0 Å². The molecule has 0 spiro atoms. The number of piperazine rings is 1. The van der Waals surface area contributed by atoms with E-state index in [0.717, 1.165) is 16.8 Å². The van der Waals surface area contributed by atoms with Crippen molar-refractivity contribution in [2.24, 2.45) is 0 Å². The number of amides is 1. The van der Waals surface area contributed by atoms with E-state index in [4.69, 9.17) is 10.5 Å². The lowest BCUT2D eigenvalue weighted by Crippen LogP contribution is -2.49. The minimum Gasteiger partial charge on any atom is -0.450 e. The standard InChI is InChI=1S/C19H22N6O2/c1-3-27-19(26)25-11-9-24(10-12-25)17-16(14(2)22-18(20)23-17)7-6-15-5-4-8-21-13-15/h4-5,8,13H,3,9-12H2,1-2H3,(H2,20,22,23). The van der Waals surface area contributed by atoms with Crippen molar-refractivity contribution in [3.63, 3.8) is 0 Å². The normalized spacial score (nSPS) is 13.7. The Morgan fingerprint density at radius 3 is 2.70 bits per heavy atom. The van der Waals surface area contributed by atoms with E-state index in [1.807, 2.05) is 19.1 Å². The van der Waals surface area contributed by atoms with Crippen LogP contribution in [-0.4, -0.2) is 58.7 Å². The van der Waals surface area contributed by atoms with Gasteiger partial charge >= 0.3 is 6.09 Å². The number of nitrogens with two attached hydrogens (primary N) is 1. The van der Waals surface area contributed by atoms with E-state index in [1.165, 1.54) is 0 Å². The zero-order chi connectivity index (χ0) is 19.2. The molecule has 2 aromatic heterocycles. The van der Waals surface area contributed by atoms with E-state index >= 15 is 0 Å². The Morgan fingerprint density at radius 2 is 2.04 bits per heavy atom. The fraction of sp³-hybridized carbons (Fsp3) is 0.368. The van der Waals surface area contributed by atoms with E-state index in [0.29, 0.717) is 38.6 Å². The number of anilines is 2. The number of hydrogen-bond donors (Lipinski definition) is 1. The molecule has 8 heteroatoms. The number of ether oxygens (including phenoxy) is 1. The lowest BCUT2D eigenvalue weighted by molar-refractivity contribution is 0.105. The smallest absolute Gasteiger partial charge is 0.409 e. The lowest BCUT2D eigenvalue weighted by Gasteiger charge is -2.35. The Labute approximate surface area is 158 Å². The molecule has 1 aliphatic heterocycles. The number of hydrogen-bond acceptors (Lipinski definition) is 7. The van der Waals surface area contributed by atoms with Crippen molar-refractivity contribution in [2.75, 3.05) is 43.4 Å². The highest BCUT2D eigenvalue weighted by Crippen LogP contribution is 2.22. The molecule has 1 saturated heterocycles. The van der Waals surface area contributed by atoms with Gasteiger partial charge in [-0.05, 0) is 26.0 Å². The van der Waals surface area contributed by atoms with Gasteiger partial charge in [0.15, 0.2) is 0 Å². The summed E-state index contributed by atoms with van der Waals surface area (Å²) in [5.74, 6) is 7.16. The lowest BCUT2D eigenvalue weighted by atomic mass is 10.1. The molecule has 0 aliphatic carbocycles. The molecule has 1 aliphatic rings. The first kappa shape index (κ1) is 18.5. The number of aryl methyl sites for hydroxylation is 1. The molecule has 0 saturated carbocycles. The minimum atomic E-state index is -0.285. The maximum atomic E-state index is 11.9. The van der Waals surface area contributed by atoms with Crippen molar-refractivity contribution in [2.45, 2.75) is 13.8 Å². The molecule has 0 unspecified atom stereocenters. The van der Waals surface area contributed by atoms with E-state index in [9.17, 15) is 4.79 Å². The van der Waals surface area contributed by atoms with E-state index in [-0.39, 0.29) is 12.0 Å². The average Bonchev–Trinajstić information content (AvgIpc) is 2.68. The molecule has 0 aromatic carbocycles. The van der Waals surface area contributed by atoms with Crippen molar-refractivity contribution in [1.29, 1.82) is 0 Å². The fourth-order valence-corrected chi connectivity index (χ4v) is 2.84. The molecule has 2 aromatic rings. The largest absolute Gasteiger partial charge is 0.450 e. The highest BCUT2D eigenvalue weighted by Gasteiger charge is 2.25. The van der Waals surface area contributed by atoms with Crippen molar-refractivity contribution in [3.8, 4) is 11.8 Å². The van der Waals surface area contributed by atoms with E-state index < -0.39 is 0 Å². The summed E-state index contributed by atoms with van der Waals surface area (Å²) in [7, 11) is 0. The summed E-state index contributed by atoms with van der Waals surface area (Å²) in [5.41, 5.74) is 8.14. The molecular weight excluding hydrogens is 344 g/mol. The van der Waals surface area contributed by atoms with Crippen LogP contribution in [0.4, 0.5) is 16.6 Å². The van der Waals surface area contributed by atoms with Crippen LogP contribution >= 0.6 is 0 Å². The first-order chi connectivity index (χ1) is 13.1. The summed E-state index contributed by atoms with van der Waals surface area (Å²) in [6, 6.07) is 3.73. The maximum Gasteiger partial charge on any atom is 0.409 e. The van der Waals surface area contributed by atoms with Gasteiger partial charge in [0.1, 0.15) is 5.82 Å². The van der Waals surface area contributed by atoms with Crippen LogP contribution in [0.15, 0.2) is 24.5 Å². The number of carbonyl (C=O) groups is 1. The minimum absolute atomic E-state index is 0.210. The molecule has 8 nitrogen and oxygen atoms in total. The zero-order valence-electron chi connectivity index (χ0n) is 15.5. The van der Waals surface area contributed by atoms with Crippen LogP contribution in [0, 0.1) is 18.8 Å². The molecule has 0 atom stereocenters. The second kappa shape index (κ2) is 8.36. The molecular formula is C19H22N6O2. The zero-order valence-corrected chi connectivity index (χ0v) is 15.5. The van der Waals surface area contributed by atoms with Crippen LogP contribution in [0.1, 0.15) is 23.7 Å². The number of pyridine rings is 1. The topological polar surface area (TPSA) is 97.5 Å². The molecule has 140 valence electrons. The fourth-order valence-electron chi connectivity index (χ4n) is 2.84. The number of rotatable bonds is 2. The van der Waals surface area contributed by atoms with Gasteiger partial charge in [-0.25, -0.2) is 9.78 Å². The molecule has 3 rings (SSSR count). The predicted molar refractivity (Wildman–Crippen MR) is 102 cm³/mol. The number of nitrogens with zero attached hydrogens (tertiary/aromatic N) is 5. The first-order valence-corrected chi connectivity index (χ1v) is 8.81. The van der Waals surface area contributed by atoms with Gasteiger partial charge in [-0.3, -0.25) is 4.98 Å². The van der Waals surface area contributed by atoms with Gasteiger partial charge in [0.2, 0.25) is 5.95 Å². The van der Waals surface area contributed by atoms with Crippen LogP contribution in [0.2, 0.25) is 0 Å². The summed E-state index contributed by atoms with van der Waals surface area (Å²) in [6.45, 7) is 6.38. The monoisotopic (exact) mass is 366 g/mol. The molecule has 1 amide bonds. The molecule has 27 heavy (non-hydrogen) atoms. The molecule has 3 heterocycles. The van der Waals surface area contributed by atoms with Crippen LogP contribution in [-0.2, 0) is 4.74 Å². The maximum absolute atomic E-state index is 11.9. The second-order valence-corrected chi connectivity index (χ2v) is 6.03. The SMILES string of the molecule is CCOC(=O)N1CCN(c2nc(N)nc(C)c2C#Cc2cccnc2)CC1. The Bertz CT molecular complexity index is 867. The number of aromatic nitrogens is 3. The third-order valence-corrected chi connectivity index (χ3v) is 4.19. The van der Waals surface area contributed by atoms with Crippen molar-refractivity contribution in [1.82, 2.24) is 19.9 Å². The van der Waals surface area contributed by atoms with E-state index in [1.54, 1.807) is 24.2 Å². The van der Waals surface area contributed by atoms with Crippen LogP contribution in [0.5, 0.6) is 0 Å². The van der Waals surface area contributed by atoms with Gasteiger partial charge < -0.3 is 20.3 Å². The molecule has 2 N–H and O–H groups in total. The predicted octanol–water partition coefficient (Wildman–Crippen LogP) is 1.44. The van der Waals surface area contributed by atoms with Crippen molar-refractivity contribution >= 4 is 17.9 Å². The Kier molecular flexibility index (Phi) is 5.71. The summed E-state index contributed by atoms with van der Waals surface area (Å²) in [6.07, 6.45) is 3.13. The Hall–Kier alpha value is -3.34. The van der Waals surface area contributed by atoms with E-state index in [2.05, 4.69) is 31.7 Å². The Morgan fingerprint density at radius 1 is 1.26 bits per heavy atom. The average molecular weight is 366 g/mol. The Balaban J connectivity index is 1.84. The molecule has 1 fully saturated rings. The molecule has 0 radical (unpaired) electrons. The van der Waals surface area contributed by atoms with Gasteiger partial charge in [-0.2, -0.15) is 4.98 Å². The second-order valence-electron chi connectivity index (χ2n) is 6.03. The van der Waals surface area contributed by atoms with Gasteiger partial charge in [0, 0.05) is 44.1 Å². The molecule has 0 bridgehead atoms.